The molecule has 0 aromatic carbocycles. The lowest BCUT2D eigenvalue weighted by Crippen LogP contribution is -2.02. The third-order valence-electron chi connectivity index (χ3n) is 1.98. The maximum Gasteiger partial charge on any atom is 0.287 e. The average molecular weight is 232 g/mol. The number of hydrogen-bond donors (Lipinski definition) is 1. The summed E-state index contributed by atoms with van der Waals surface area (Å²) in [5, 5.41) is 20.0. The molecule has 1 N–H and O–H groups in total. The fourth-order valence-electron chi connectivity index (χ4n) is 1.17. The lowest BCUT2D eigenvalue weighted by molar-refractivity contribution is -0.385. The third-order valence-corrected chi connectivity index (χ3v) is 1.98. The first-order valence-electron chi connectivity index (χ1n) is 4.68. The molecule has 2 aromatic heterocycles. The highest BCUT2D eigenvalue weighted by Crippen LogP contribution is 2.13. The zero-order valence-electron chi connectivity index (χ0n) is 8.59. The Balaban J connectivity index is 2.33. The molecular formula is C10H8N4O3. The number of nitro groups is 1. The standard InChI is InChI=1S/C10H8N4O3/c15-13-5-3-8(4-6-13)12-10-2-1-9(7-11-10)14(16)17/h1-7,15H. The van der Waals surface area contributed by atoms with E-state index in [-0.39, 0.29) is 5.69 Å². The number of aromatic nitrogens is 2. The summed E-state index contributed by atoms with van der Waals surface area (Å²) in [5.41, 5.74) is -0.0785. The van der Waals surface area contributed by atoms with Gasteiger partial charge in [-0.2, -0.15) is 0 Å². The molecule has 17 heavy (non-hydrogen) atoms. The van der Waals surface area contributed by atoms with Gasteiger partial charge in [0, 0.05) is 18.5 Å². The van der Waals surface area contributed by atoms with Gasteiger partial charge in [0.05, 0.1) is 10.3 Å². The molecule has 0 radical (unpaired) electrons. The van der Waals surface area contributed by atoms with Crippen molar-refractivity contribution >= 4 is 11.5 Å². The van der Waals surface area contributed by atoms with Gasteiger partial charge in [0.2, 0.25) is 0 Å². The second-order valence-electron chi connectivity index (χ2n) is 3.18. The van der Waals surface area contributed by atoms with Crippen LogP contribution in [0.3, 0.4) is 0 Å². The highest BCUT2D eigenvalue weighted by molar-refractivity contribution is 5.35. The highest BCUT2D eigenvalue weighted by atomic mass is 16.6. The number of rotatable bonds is 2. The molecule has 0 aliphatic carbocycles. The smallest absolute Gasteiger partial charge is 0.287 e. The van der Waals surface area contributed by atoms with Crippen molar-refractivity contribution in [2.24, 2.45) is 4.99 Å². The fraction of sp³-hybridized carbons (Fsp3) is 0. The number of hydrogen-bond acceptors (Lipinski definition) is 5. The minimum Gasteiger partial charge on any atom is -0.429 e. The van der Waals surface area contributed by atoms with Crippen LogP contribution in [0.2, 0.25) is 0 Å². The Bertz CT molecular complexity index is 583. The Labute approximate surface area is 95.4 Å². The summed E-state index contributed by atoms with van der Waals surface area (Å²) >= 11 is 0. The van der Waals surface area contributed by atoms with Crippen LogP contribution in [0.4, 0.5) is 11.5 Å². The molecule has 2 rings (SSSR count). The van der Waals surface area contributed by atoms with Crippen molar-refractivity contribution in [1.29, 1.82) is 0 Å². The van der Waals surface area contributed by atoms with Gasteiger partial charge in [-0.15, -0.1) is 0 Å². The van der Waals surface area contributed by atoms with Crippen LogP contribution in [-0.4, -0.2) is 19.8 Å². The lowest BCUT2D eigenvalue weighted by atomic mass is 10.4. The van der Waals surface area contributed by atoms with Crippen LogP contribution in [0.5, 0.6) is 0 Å². The van der Waals surface area contributed by atoms with Crippen LogP contribution >= 0.6 is 0 Å². The van der Waals surface area contributed by atoms with Crippen molar-refractivity contribution in [2.45, 2.75) is 0 Å². The van der Waals surface area contributed by atoms with Gasteiger partial charge in [0.1, 0.15) is 6.20 Å². The van der Waals surface area contributed by atoms with Gasteiger partial charge in [0.25, 0.3) is 5.69 Å². The summed E-state index contributed by atoms with van der Waals surface area (Å²) in [6.45, 7) is 0. The van der Waals surface area contributed by atoms with Crippen LogP contribution in [-0.2, 0) is 0 Å². The van der Waals surface area contributed by atoms with E-state index in [2.05, 4.69) is 9.98 Å². The first-order chi connectivity index (χ1) is 8.15. The molecule has 0 aliphatic rings. The molecule has 86 valence electrons. The first-order valence-corrected chi connectivity index (χ1v) is 4.68. The number of nitrogens with zero attached hydrogens (tertiary/aromatic N) is 4. The normalized spacial score (nSPS) is 9.88. The van der Waals surface area contributed by atoms with E-state index < -0.39 is 4.92 Å². The summed E-state index contributed by atoms with van der Waals surface area (Å²) in [4.78, 5) is 17.9. The monoisotopic (exact) mass is 232 g/mol. The summed E-state index contributed by atoms with van der Waals surface area (Å²) in [6.07, 6.45) is 3.99. The molecule has 0 amide bonds. The molecule has 2 aromatic rings. The molecule has 0 bridgehead atoms. The summed E-state index contributed by atoms with van der Waals surface area (Å²) < 4.78 is 0.891. The van der Waals surface area contributed by atoms with Crippen molar-refractivity contribution in [3.8, 4) is 0 Å². The lowest BCUT2D eigenvalue weighted by Gasteiger charge is -1.94. The average Bonchev–Trinajstić information content (AvgIpc) is 2.33. The Morgan fingerprint density at radius 2 is 2.00 bits per heavy atom. The van der Waals surface area contributed by atoms with Crippen molar-refractivity contribution in [3.63, 3.8) is 0 Å². The maximum absolute atomic E-state index is 10.4. The minimum absolute atomic E-state index is 0.0785. The van der Waals surface area contributed by atoms with Gasteiger partial charge < -0.3 is 5.21 Å². The first kappa shape index (κ1) is 10.8. The summed E-state index contributed by atoms with van der Waals surface area (Å²) in [7, 11) is 0. The number of pyridine rings is 2. The Hall–Kier alpha value is -2.70. The van der Waals surface area contributed by atoms with E-state index in [9.17, 15) is 10.1 Å². The van der Waals surface area contributed by atoms with Gasteiger partial charge in [-0.3, -0.25) is 10.1 Å². The van der Waals surface area contributed by atoms with Crippen molar-refractivity contribution in [2.75, 3.05) is 0 Å². The molecular weight excluding hydrogens is 224 g/mol. The molecule has 0 fully saturated rings. The molecule has 7 heteroatoms. The summed E-state index contributed by atoms with van der Waals surface area (Å²) in [5.74, 6) is 0.367. The zero-order valence-corrected chi connectivity index (χ0v) is 8.59. The molecule has 0 unspecified atom stereocenters. The Morgan fingerprint density at radius 1 is 1.29 bits per heavy atom. The van der Waals surface area contributed by atoms with Crippen LogP contribution in [0.25, 0.3) is 0 Å². The van der Waals surface area contributed by atoms with E-state index in [0.717, 1.165) is 10.9 Å². The summed E-state index contributed by atoms with van der Waals surface area (Å²) in [6, 6.07) is 5.96. The van der Waals surface area contributed by atoms with E-state index in [0.29, 0.717) is 11.2 Å². The zero-order chi connectivity index (χ0) is 12.3. The van der Waals surface area contributed by atoms with Crippen LogP contribution in [0, 0.1) is 10.1 Å². The molecule has 0 spiro atoms. The third kappa shape index (κ3) is 2.65. The molecule has 0 saturated heterocycles. The van der Waals surface area contributed by atoms with Gasteiger partial charge in [0.15, 0.2) is 5.82 Å². The SMILES string of the molecule is O=[N+]([O-])c1ccc(N=c2ccn(O)cc2)nc1. The molecule has 0 aliphatic heterocycles. The van der Waals surface area contributed by atoms with Crippen LogP contribution < -0.4 is 5.36 Å². The molecule has 7 nitrogen and oxygen atoms in total. The second-order valence-corrected chi connectivity index (χ2v) is 3.18. The maximum atomic E-state index is 10.4. The topological polar surface area (TPSA) is 93.5 Å². The van der Waals surface area contributed by atoms with Crippen LogP contribution in [0.1, 0.15) is 0 Å². The Morgan fingerprint density at radius 3 is 2.53 bits per heavy atom. The quantitative estimate of drug-likeness (QED) is 0.479. The predicted molar refractivity (Wildman–Crippen MR) is 57.7 cm³/mol. The van der Waals surface area contributed by atoms with Gasteiger partial charge in [-0.25, -0.2) is 14.7 Å². The van der Waals surface area contributed by atoms with E-state index in [1.165, 1.54) is 24.5 Å². The Kier molecular flexibility index (Phi) is 2.82. The van der Waals surface area contributed by atoms with Gasteiger partial charge in [-0.1, -0.05) is 0 Å². The van der Waals surface area contributed by atoms with Crippen molar-refractivity contribution < 1.29 is 10.1 Å². The van der Waals surface area contributed by atoms with Gasteiger partial charge >= 0.3 is 0 Å². The van der Waals surface area contributed by atoms with E-state index in [1.54, 1.807) is 12.1 Å². The van der Waals surface area contributed by atoms with Crippen molar-refractivity contribution in [3.05, 3.63) is 58.3 Å². The second kappa shape index (κ2) is 4.44. The molecule has 0 saturated carbocycles. The van der Waals surface area contributed by atoms with Gasteiger partial charge in [-0.05, 0) is 18.2 Å². The predicted octanol–water partition coefficient (Wildman–Crippen LogP) is 1.26. The van der Waals surface area contributed by atoms with Crippen molar-refractivity contribution in [1.82, 2.24) is 9.71 Å². The minimum atomic E-state index is -0.520. The van der Waals surface area contributed by atoms with Crippen LogP contribution in [0.15, 0.2) is 47.8 Å². The van der Waals surface area contributed by atoms with E-state index in [4.69, 9.17) is 5.21 Å². The largest absolute Gasteiger partial charge is 0.429 e. The fourth-order valence-corrected chi connectivity index (χ4v) is 1.17. The highest BCUT2D eigenvalue weighted by Gasteiger charge is 2.03. The molecule has 0 atom stereocenters. The van der Waals surface area contributed by atoms with E-state index in [1.807, 2.05) is 0 Å². The van der Waals surface area contributed by atoms with E-state index >= 15 is 0 Å². The molecule has 2 heterocycles.